The van der Waals surface area contributed by atoms with Crippen molar-refractivity contribution in [2.24, 2.45) is 11.3 Å². The number of hydrogen-bond acceptors (Lipinski definition) is 2. The van der Waals surface area contributed by atoms with E-state index in [0.717, 1.165) is 12.8 Å². The van der Waals surface area contributed by atoms with Crippen LogP contribution in [0.5, 0.6) is 0 Å². The molecule has 22 heavy (non-hydrogen) atoms. The van der Waals surface area contributed by atoms with Gasteiger partial charge in [-0.1, -0.05) is 0 Å². The fraction of sp³-hybridized carbons (Fsp3) is 0.737. The average Bonchev–Trinajstić information content (AvgIpc) is 2.60. The summed E-state index contributed by atoms with van der Waals surface area (Å²) in [4.78, 5) is 12.6. The van der Waals surface area contributed by atoms with E-state index in [-0.39, 0.29) is 17.3 Å². The van der Waals surface area contributed by atoms with Gasteiger partial charge < -0.3 is 0 Å². The monoisotopic (exact) mass is 340 g/mol. The van der Waals surface area contributed by atoms with Crippen molar-refractivity contribution >= 4 is 5.97 Å². The molecule has 0 spiro atoms. The third-order valence-corrected chi connectivity index (χ3v) is 10.5. The van der Waals surface area contributed by atoms with E-state index in [2.05, 4.69) is 45.1 Å². The Morgan fingerprint density at radius 1 is 1.05 bits per heavy atom. The molecule has 0 aromatic heterocycles. The van der Waals surface area contributed by atoms with Crippen LogP contribution in [0.3, 0.4) is 0 Å². The molecule has 0 amide bonds. The SMILES string of the molecule is CC1=C(C)C(C)(C)[C]([Ti]([CH3])([CH3])[O]C(=O)C2CCCCC2)=C1C. The van der Waals surface area contributed by atoms with Crippen molar-refractivity contribution in [2.45, 2.75) is 77.2 Å². The summed E-state index contributed by atoms with van der Waals surface area (Å²) in [6.45, 7) is 11.2. The second-order valence-electron chi connectivity index (χ2n) is 8.14. The zero-order valence-electron chi connectivity index (χ0n) is 15.4. The number of allylic oxidation sites excluding steroid dienone is 4. The number of carbonyl (C=O) groups excluding carboxylic acids is 1. The molecule has 0 unspecified atom stereocenters. The summed E-state index contributed by atoms with van der Waals surface area (Å²) in [6.07, 6.45) is 5.68. The topological polar surface area (TPSA) is 26.3 Å². The van der Waals surface area contributed by atoms with E-state index in [0.29, 0.717) is 0 Å². The van der Waals surface area contributed by atoms with Crippen molar-refractivity contribution < 1.29 is 25.1 Å². The minimum atomic E-state index is -2.80. The van der Waals surface area contributed by atoms with Gasteiger partial charge in [0.15, 0.2) is 0 Å². The molecular formula is C19H32O2Ti. The predicted molar refractivity (Wildman–Crippen MR) is 89.3 cm³/mol. The van der Waals surface area contributed by atoms with Gasteiger partial charge in [0.1, 0.15) is 0 Å². The quantitative estimate of drug-likeness (QED) is 0.596. The molecule has 0 saturated heterocycles. The molecule has 3 heteroatoms. The molecule has 1 saturated carbocycles. The van der Waals surface area contributed by atoms with E-state index in [9.17, 15) is 4.79 Å². The molecule has 0 aromatic carbocycles. The van der Waals surface area contributed by atoms with Crippen LogP contribution in [0.2, 0.25) is 10.5 Å². The van der Waals surface area contributed by atoms with Gasteiger partial charge in [0.25, 0.3) is 0 Å². The molecule has 2 rings (SSSR count). The van der Waals surface area contributed by atoms with Gasteiger partial charge in [-0.15, -0.1) is 0 Å². The molecule has 124 valence electrons. The second kappa shape index (κ2) is 6.28. The fourth-order valence-electron chi connectivity index (χ4n) is 4.52. The molecular weight excluding hydrogens is 308 g/mol. The summed E-state index contributed by atoms with van der Waals surface area (Å²) in [6, 6.07) is 0. The van der Waals surface area contributed by atoms with Crippen LogP contribution in [-0.2, 0) is 25.1 Å². The van der Waals surface area contributed by atoms with Crippen LogP contribution in [0, 0.1) is 11.3 Å². The summed E-state index contributed by atoms with van der Waals surface area (Å²) >= 11 is -2.80. The molecule has 0 bridgehead atoms. The Labute approximate surface area is 140 Å². The van der Waals surface area contributed by atoms with Crippen molar-refractivity contribution in [3.63, 3.8) is 0 Å². The standard InChI is InChI=1S/C10H15.C7H12O2.2CH3.Ti/c1-7-6-10(4,5)9(3)8(7)2;8-7(9)6-4-2-1-3-5-6;;;/h1-5H3;6H,1-5H2,(H,8,9);2*1H3;/q;;;;+1/p-1. The molecule has 1 fully saturated rings. The first-order valence-corrected chi connectivity index (χ1v) is 13.3. The summed E-state index contributed by atoms with van der Waals surface area (Å²) in [5, 5.41) is 4.49. The van der Waals surface area contributed by atoms with Gasteiger partial charge in [-0.25, -0.2) is 0 Å². The molecule has 2 aliphatic carbocycles. The molecule has 0 N–H and O–H groups in total. The first-order chi connectivity index (χ1) is 10.1. The molecule has 0 aromatic rings. The Morgan fingerprint density at radius 3 is 2.05 bits per heavy atom. The Morgan fingerprint density at radius 2 is 1.59 bits per heavy atom. The summed E-state index contributed by atoms with van der Waals surface area (Å²) in [5.74, 6) is 0.238. The van der Waals surface area contributed by atoms with Crippen LogP contribution in [0.25, 0.3) is 0 Å². The van der Waals surface area contributed by atoms with Gasteiger partial charge in [-0.05, 0) is 0 Å². The number of carbonyl (C=O) groups is 1. The fourth-order valence-corrected chi connectivity index (χ4v) is 10.1. The average molecular weight is 340 g/mol. The Hall–Kier alpha value is -0.336. The van der Waals surface area contributed by atoms with Gasteiger partial charge in [-0.2, -0.15) is 0 Å². The molecule has 0 heterocycles. The van der Waals surface area contributed by atoms with E-state index >= 15 is 0 Å². The van der Waals surface area contributed by atoms with E-state index in [1.165, 1.54) is 39.9 Å². The van der Waals surface area contributed by atoms with Gasteiger partial charge in [-0.3, -0.25) is 0 Å². The molecule has 0 aliphatic heterocycles. The van der Waals surface area contributed by atoms with E-state index in [4.69, 9.17) is 3.32 Å². The second-order valence-corrected chi connectivity index (χ2v) is 14.0. The summed E-state index contributed by atoms with van der Waals surface area (Å²) in [7, 11) is 0. The third kappa shape index (κ3) is 3.15. The van der Waals surface area contributed by atoms with Gasteiger partial charge in [0.05, 0.1) is 0 Å². The molecule has 2 aliphatic rings. The predicted octanol–water partition coefficient (Wildman–Crippen LogP) is 5.93. The molecule has 0 atom stereocenters. The zero-order valence-corrected chi connectivity index (χ0v) is 17.0. The van der Waals surface area contributed by atoms with E-state index in [1.807, 2.05) is 0 Å². The van der Waals surface area contributed by atoms with Crippen LogP contribution in [-0.4, -0.2) is 5.97 Å². The number of rotatable bonds is 3. The Kier molecular flexibility index (Phi) is 5.14. The first-order valence-electron chi connectivity index (χ1n) is 8.72. The van der Waals surface area contributed by atoms with Crippen molar-refractivity contribution in [1.29, 1.82) is 0 Å². The molecule has 0 radical (unpaired) electrons. The van der Waals surface area contributed by atoms with Gasteiger partial charge in [0, 0.05) is 0 Å². The number of hydrogen-bond donors (Lipinski definition) is 0. The first kappa shape index (κ1) is 18.0. The minimum absolute atomic E-state index is 0.0461. The van der Waals surface area contributed by atoms with Gasteiger partial charge in [0.2, 0.25) is 0 Å². The third-order valence-electron chi connectivity index (χ3n) is 5.96. The zero-order chi connectivity index (χ0) is 16.7. The Bertz CT molecular complexity index is 532. The Balaban J connectivity index is 2.22. The summed E-state index contributed by atoms with van der Waals surface area (Å²) < 4.78 is 7.68. The normalized spacial score (nSPS) is 23.2. The van der Waals surface area contributed by atoms with Crippen LogP contribution in [0.4, 0.5) is 0 Å². The van der Waals surface area contributed by atoms with Crippen molar-refractivity contribution in [2.75, 3.05) is 0 Å². The van der Waals surface area contributed by atoms with Crippen LogP contribution >= 0.6 is 0 Å². The van der Waals surface area contributed by atoms with E-state index in [1.54, 1.807) is 0 Å². The van der Waals surface area contributed by atoms with E-state index < -0.39 is 17.0 Å². The maximum absolute atomic E-state index is 12.6. The van der Waals surface area contributed by atoms with Crippen LogP contribution in [0.1, 0.15) is 66.7 Å². The van der Waals surface area contributed by atoms with Crippen LogP contribution < -0.4 is 0 Å². The van der Waals surface area contributed by atoms with Crippen molar-refractivity contribution in [3.8, 4) is 0 Å². The molecule has 2 nitrogen and oxygen atoms in total. The summed E-state index contributed by atoms with van der Waals surface area (Å²) in [5.41, 5.74) is 4.26. The van der Waals surface area contributed by atoms with Crippen molar-refractivity contribution in [1.82, 2.24) is 0 Å². The van der Waals surface area contributed by atoms with Crippen LogP contribution in [0.15, 0.2) is 20.6 Å². The maximum atomic E-state index is 12.6. The van der Waals surface area contributed by atoms with Crippen molar-refractivity contribution in [3.05, 3.63) is 20.6 Å². The van der Waals surface area contributed by atoms with Gasteiger partial charge >= 0.3 is 140 Å².